The normalized spacial score (nSPS) is 11.8. The Balaban J connectivity index is -0.000000845. The number of carboxylic acid groups (broad SMARTS) is 1. The number of rotatable bonds is 7. The maximum Gasteiger partial charge on any atom is 1.00 e. The maximum absolute atomic E-state index is 10.4. The monoisotopic (exact) mass is 268 g/mol. The van der Waals surface area contributed by atoms with Gasteiger partial charge in [-0.15, -0.1) is 6.58 Å². The summed E-state index contributed by atoms with van der Waals surface area (Å²) in [7, 11) is -4.58. The first-order valence-corrected chi connectivity index (χ1v) is 5.27. The molecule has 0 aliphatic rings. The second-order valence-electron chi connectivity index (χ2n) is 2.57. The van der Waals surface area contributed by atoms with Crippen LogP contribution in [0.25, 0.3) is 0 Å². The Morgan fingerprint density at radius 3 is 2.25 bits per heavy atom. The van der Waals surface area contributed by atoms with Crippen molar-refractivity contribution >= 4 is 16.1 Å². The third-order valence-electron chi connectivity index (χ3n) is 1.29. The summed E-state index contributed by atoms with van der Waals surface area (Å²) in [5, 5.41) is 10.4. The van der Waals surface area contributed by atoms with E-state index in [0.29, 0.717) is 0 Å². The van der Waals surface area contributed by atoms with Crippen LogP contribution in [0.2, 0.25) is 0 Å². The quantitative estimate of drug-likeness (QED) is 0.196. The fourth-order valence-corrected chi connectivity index (χ4v) is 1.45. The topological polar surface area (TPSA) is 107 Å². The molecule has 82 valence electrons. The van der Waals surface area contributed by atoms with E-state index in [9.17, 15) is 22.9 Å². The molecule has 0 N–H and O–H groups in total. The summed E-state index contributed by atoms with van der Waals surface area (Å²) in [4.78, 5) is 10.4. The van der Waals surface area contributed by atoms with Crippen molar-refractivity contribution in [1.82, 2.24) is 0 Å². The number of hydrogen-bond donors (Lipinski definition) is 0. The molecule has 0 aromatic rings. The van der Waals surface area contributed by atoms with Crippen LogP contribution in [-0.2, 0) is 19.6 Å². The number of hydrogen-bond acceptors (Lipinski definition) is 6. The van der Waals surface area contributed by atoms with Gasteiger partial charge in [0.15, 0.2) is 0 Å². The van der Waals surface area contributed by atoms with Crippen molar-refractivity contribution in [3.05, 3.63) is 12.7 Å². The SMILES string of the molecule is C=CCOCC(CS(=O)(=O)[O-])C(=O)[O-].[Na+].[Na+]. The van der Waals surface area contributed by atoms with Gasteiger partial charge in [-0.2, -0.15) is 0 Å². The first-order valence-electron chi connectivity index (χ1n) is 3.70. The summed E-state index contributed by atoms with van der Waals surface area (Å²) >= 11 is 0. The Kier molecular flexibility index (Phi) is 15.6. The zero-order chi connectivity index (χ0) is 11.2. The predicted molar refractivity (Wildman–Crippen MR) is 44.1 cm³/mol. The molecule has 0 spiro atoms. The average molecular weight is 268 g/mol. The van der Waals surface area contributed by atoms with E-state index in [1.165, 1.54) is 6.08 Å². The number of carbonyl (C=O) groups excluding carboxylic acids is 1. The largest absolute Gasteiger partial charge is 1.00 e. The van der Waals surface area contributed by atoms with Crippen molar-refractivity contribution in [3.63, 3.8) is 0 Å². The van der Waals surface area contributed by atoms with Gasteiger partial charge >= 0.3 is 59.1 Å². The Hall–Kier alpha value is 1.08. The molecule has 0 heterocycles. The summed E-state index contributed by atoms with van der Waals surface area (Å²) < 4.78 is 35.5. The van der Waals surface area contributed by atoms with Gasteiger partial charge in [-0.3, -0.25) is 0 Å². The zero-order valence-electron chi connectivity index (χ0n) is 9.34. The number of ether oxygens (including phenoxy) is 1. The second-order valence-corrected chi connectivity index (χ2v) is 4.02. The predicted octanol–water partition coefficient (Wildman–Crippen LogP) is -7.89. The first kappa shape index (κ1) is 22.3. The average Bonchev–Trinajstić information content (AvgIpc) is 2.00. The molecule has 1 unspecified atom stereocenters. The van der Waals surface area contributed by atoms with E-state index in [1.54, 1.807) is 0 Å². The van der Waals surface area contributed by atoms with Crippen LogP contribution in [0, 0.1) is 5.92 Å². The van der Waals surface area contributed by atoms with Crippen LogP contribution in [0.3, 0.4) is 0 Å². The molecule has 16 heavy (non-hydrogen) atoms. The van der Waals surface area contributed by atoms with Gasteiger partial charge in [0, 0.05) is 17.6 Å². The first-order chi connectivity index (χ1) is 6.37. The molecular weight excluding hydrogens is 258 g/mol. The molecule has 0 aromatic heterocycles. The van der Waals surface area contributed by atoms with E-state index in [1.807, 2.05) is 0 Å². The molecule has 0 radical (unpaired) electrons. The molecule has 0 aromatic carbocycles. The zero-order valence-corrected chi connectivity index (χ0v) is 14.2. The van der Waals surface area contributed by atoms with Gasteiger partial charge in [-0.1, -0.05) is 6.08 Å². The molecule has 0 amide bonds. The van der Waals surface area contributed by atoms with Crippen LogP contribution in [0.5, 0.6) is 0 Å². The molecule has 0 saturated carbocycles. The van der Waals surface area contributed by atoms with E-state index in [0.717, 1.165) is 0 Å². The minimum absolute atomic E-state index is 0. The summed E-state index contributed by atoms with van der Waals surface area (Å²) in [5.41, 5.74) is 0. The van der Waals surface area contributed by atoms with E-state index >= 15 is 0 Å². The smallest absolute Gasteiger partial charge is 0.748 e. The van der Waals surface area contributed by atoms with Crippen molar-refractivity contribution in [2.75, 3.05) is 19.0 Å². The van der Waals surface area contributed by atoms with E-state index in [-0.39, 0.29) is 72.3 Å². The Bertz CT molecular complexity index is 302. The second kappa shape index (κ2) is 11.2. The van der Waals surface area contributed by atoms with Gasteiger partial charge < -0.3 is 19.2 Å². The van der Waals surface area contributed by atoms with Crippen LogP contribution in [0.4, 0.5) is 0 Å². The molecule has 1 atom stereocenters. The minimum Gasteiger partial charge on any atom is -0.748 e. The van der Waals surface area contributed by atoms with Gasteiger partial charge in [0.2, 0.25) is 0 Å². The summed E-state index contributed by atoms with van der Waals surface area (Å²) in [6.45, 7) is 3.02. The maximum atomic E-state index is 10.4. The van der Waals surface area contributed by atoms with Crippen LogP contribution in [-0.4, -0.2) is 37.9 Å². The van der Waals surface area contributed by atoms with Gasteiger partial charge in [-0.05, 0) is 0 Å². The van der Waals surface area contributed by atoms with Gasteiger partial charge in [0.1, 0.15) is 0 Å². The molecule has 0 bridgehead atoms. The van der Waals surface area contributed by atoms with Gasteiger partial charge in [0.05, 0.1) is 23.3 Å². The Labute approximate surface area is 139 Å². The number of carbonyl (C=O) groups is 1. The van der Waals surface area contributed by atoms with E-state index in [2.05, 4.69) is 6.58 Å². The number of carboxylic acids is 1. The minimum atomic E-state index is -4.58. The molecule has 0 rings (SSSR count). The van der Waals surface area contributed by atoms with Crippen LogP contribution >= 0.6 is 0 Å². The fraction of sp³-hybridized carbons (Fsp3) is 0.571. The standard InChI is InChI=1S/C7H12O6S.2Na/c1-2-3-13-4-6(7(8)9)5-14(10,11)12;;/h2,6H,1,3-5H2,(H,8,9)(H,10,11,12);;/q;2*+1/p-2. The Morgan fingerprint density at radius 2 is 1.94 bits per heavy atom. The van der Waals surface area contributed by atoms with Gasteiger partial charge in [-0.25, -0.2) is 8.42 Å². The van der Waals surface area contributed by atoms with Crippen molar-refractivity contribution < 1.29 is 86.7 Å². The van der Waals surface area contributed by atoms with E-state index < -0.39 is 27.8 Å². The summed E-state index contributed by atoms with van der Waals surface area (Å²) in [6, 6.07) is 0. The molecule has 0 aliphatic carbocycles. The van der Waals surface area contributed by atoms with Gasteiger partial charge in [0.25, 0.3) is 0 Å². The Morgan fingerprint density at radius 1 is 1.44 bits per heavy atom. The molecule has 0 saturated heterocycles. The van der Waals surface area contributed by atoms with Crippen molar-refractivity contribution in [2.24, 2.45) is 5.92 Å². The molecule has 0 aliphatic heterocycles. The third-order valence-corrected chi connectivity index (χ3v) is 2.10. The van der Waals surface area contributed by atoms with Crippen LogP contribution < -0.4 is 64.2 Å². The molecule has 9 heteroatoms. The fourth-order valence-electron chi connectivity index (χ4n) is 0.724. The molecular formula is C7H10Na2O6S. The summed E-state index contributed by atoms with van der Waals surface area (Å²) in [5.74, 6) is -4.07. The molecule has 0 fully saturated rings. The molecule has 6 nitrogen and oxygen atoms in total. The summed E-state index contributed by atoms with van der Waals surface area (Å²) in [6.07, 6.45) is 1.37. The van der Waals surface area contributed by atoms with Crippen molar-refractivity contribution in [1.29, 1.82) is 0 Å². The van der Waals surface area contributed by atoms with Crippen LogP contribution in [0.15, 0.2) is 12.7 Å². The number of aliphatic carboxylic acids is 1. The van der Waals surface area contributed by atoms with Crippen molar-refractivity contribution in [2.45, 2.75) is 0 Å². The van der Waals surface area contributed by atoms with Crippen LogP contribution in [0.1, 0.15) is 0 Å². The van der Waals surface area contributed by atoms with Crippen molar-refractivity contribution in [3.8, 4) is 0 Å². The van der Waals surface area contributed by atoms with E-state index in [4.69, 9.17) is 4.74 Å². The third kappa shape index (κ3) is 13.1.